The Balaban J connectivity index is 1.66. The van der Waals surface area contributed by atoms with Gasteiger partial charge in [-0.15, -0.1) is 0 Å². The molecule has 3 aromatic rings. The molecule has 7 nitrogen and oxygen atoms in total. The number of rotatable bonds is 8. The van der Waals surface area contributed by atoms with Crippen molar-refractivity contribution in [2.24, 2.45) is 5.10 Å². The summed E-state index contributed by atoms with van der Waals surface area (Å²) in [7, 11) is 0. The van der Waals surface area contributed by atoms with E-state index in [2.05, 4.69) is 10.5 Å². The first-order valence-electron chi connectivity index (χ1n) is 9.45. The van der Waals surface area contributed by atoms with Crippen molar-refractivity contribution in [2.45, 2.75) is 13.5 Å². The fraction of sp³-hybridized carbons (Fsp3) is 0.130. The number of phenols is 2. The lowest BCUT2D eigenvalue weighted by atomic mass is 10.2. The van der Waals surface area contributed by atoms with E-state index in [1.165, 1.54) is 18.3 Å². The molecule has 0 spiro atoms. The molecule has 8 heteroatoms. The number of hydrogen-bond donors (Lipinski definition) is 3. The van der Waals surface area contributed by atoms with Gasteiger partial charge in [0, 0.05) is 11.1 Å². The molecule has 0 aliphatic heterocycles. The molecule has 0 radical (unpaired) electrons. The highest BCUT2D eigenvalue weighted by molar-refractivity contribution is 6.30. The number of nitrogens with zero attached hydrogens (tertiary/aromatic N) is 1. The number of carbonyl (C=O) groups is 1. The van der Waals surface area contributed by atoms with Gasteiger partial charge in [0.05, 0.1) is 18.4 Å². The Morgan fingerprint density at radius 1 is 1.03 bits per heavy atom. The van der Waals surface area contributed by atoms with E-state index in [0.717, 1.165) is 11.6 Å². The van der Waals surface area contributed by atoms with Gasteiger partial charge in [0.15, 0.2) is 11.5 Å². The average Bonchev–Trinajstić information content (AvgIpc) is 2.74. The van der Waals surface area contributed by atoms with Crippen molar-refractivity contribution in [3.8, 4) is 23.0 Å². The fourth-order valence-electron chi connectivity index (χ4n) is 2.67. The smallest absolute Gasteiger partial charge is 0.275 e. The summed E-state index contributed by atoms with van der Waals surface area (Å²) in [4.78, 5) is 12.1. The number of benzene rings is 3. The minimum Gasteiger partial charge on any atom is -0.508 e. The SMILES string of the molecule is CCOc1cc(/C=N/NC(=O)c2ccc(O)cc2O)ccc1OCc1ccc(Cl)cc1. The molecule has 0 fully saturated rings. The van der Waals surface area contributed by atoms with Gasteiger partial charge in [0.2, 0.25) is 0 Å². The second-order valence-corrected chi connectivity index (χ2v) is 6.89. The van der Waals surface area contributed by atoms with Crippen LogP contribution in [-0.2, 0) is 6.61 Å². The van der Waals surface area contributed by atoms with E-state index in [1.54, 1.807) is 30.3 Å². The van der Waals surface area contributed by atoms with Crippen LogP contribution in [0.2, 0.25) is 5.02 Å². The molecule has 0 unspecified atom stereocenters. The Kier molecular flexibility index (Phi) is 7.35. The zero-order valence-electron chi connectivity index (χ0n) is 16.7. The normalized spacial score (nSPS) is 10.8. The molecule has 31 heavy (non-hydrogen) atoms. The number of carbonyl (C=O) groups excluding carboxylic acids is 1. The third kappa shape index (κ3) is 6.13. The third-order valence-electron chi connectivity index (χ3n) is 4.18. The van der Waals surface area contributed by atoms with Crippen molar-refractivity contribution in [1.82, 2.24) is 5.43 Å². The molecule has 0 aliphatic rings. The summed E-state index contributed by atoms with van der Waals surface area (Å²) in [6.45, 7) is 2.68. The molecule has 0 aromatic heterocycles. The van der Waals surface area contributed by atoms with Crippen molar-refractivity contribution < 1.29 is 24.5 Å². The van der Waals surface area contributed by atoms with Crippen LogP contribution in [0.3, 0.4) is 0 Å². The lowest BCUT2D eigenvalue weighted by Crippen LogP contribution is -2.17. The first-order valence-corrected chi connectivity index (χ1v) is 9.83. The Bertz CT molecular complexity index is 1080. The van der Waals surface area contributed by atoms with Gasteiger partial charge >= 0.3 is 0 Å². The zero-order valence-corrected chi connectivity index (χ0v) is 17.5. The molecule has 3 N–H and O–H groups in total. The number of phenolic OH excluding ortho intramolecular Hbond substituents is 2. The van der Waals surface area contributed by atoms with Gasteiger partial charge in [-0.3, -0.25) is 4.79 Å². The van der Waals surface area contributed by atoms with Crippen LogP contribution in [0.25, 0.3) is 0 Å². The van der Waals surface area contributed by atoms with Gasteiger partial charge < -0.3 is 19.7 Å². The van der Waals surface area contributed by atoms with Gasteiger partial charge in [0.25, 0.3) is 5.91 Å². The topological polar surface area (TPSA) is 100 Å². The van der Waals surface area contributed by atoms with Crippen LogP contribution in [-0.4, -0.2) is 28.9 Å². The summed E-state index contributed by atoms with van der Waals surface area (Å²) in [5.41, 5.74) is 3.98. The van der Waals surface area contributed by atoms with Crippen molar-refractivity contribution in [3.63, 3.8) is 0 Å². The number of halogens is 1. The van der Waals surface area contributed by atoms with Gasteiger partial charge in [-0.1, -0.05) is 23.7 Å². The number of hydrogen-bond acceptors (Lipinski definition) is 6. The average molecular weight is 441 g/mol. The van der Waals surface area contributed by atoms with E-state index >= 15 is 0 Å². The highest BCUT2D eigenvalue weighted by atomic mass is 35.5. The highest BCUT2D eigenvalue weighted by Crippen LogP contribution is 2.29. The maximum atomic E-state index is 12.1. The van der Waals surface area contributed by atoms with Gasteiger partial charge in [-0.05, 0) is 60.5 Å². The molecule has 0 heterocycles. The Hall–Kier alpha value is -3.71. The second kappa shape index (κ2) is 10.4. The van der Waals surface area contributed by atoms with Gasteiger partial charge in [-0.25, -0.2) is 5.43 Å². The first kappa shape index (κ1) is 22.0. The molecule has 3 rings (SSSR count). The zero-order chi connectivity index (χ0) is 22.2. The predicted molar refractivity (Wildman–Crippen MR) is 118 cm³/mol. The Morgan fingerprint density at radius 3 is 2.52 bits per heavy atom. The standard InChI is InChI=1S/C23H21ClN2O5/c1-2-30-22-11-16(5-10-21(22)31-14-15-3-6-17(24)7-4-15)13-25-26-23(29)19-9-8-18(27)12-20(19)28/h3-13,27-28H,2,14H2,1H3,(H,26,29)/b25-13+. The summed E-state index contributed by atoms with van der Waals surface area (Å²) in [5, 5.41) is 23.6. The Labute approximate surface area is 184 Å². The fourth-order valence-corrected chi connectivity index (χ4v) is 2.80. The maximum Gasteiger partial charge on any atom is 0.275 e. The lowest BCUT2D eigenvalue weighted by Gasteiger charge is -2.12. The van der Waals surface area contributed by atoms with Crippen LogP contribution in [0.4, 0.5) is 0 Å². The van der Waals surface area contributed by atoms with Crippen LogP contribution >= 0.6 is 11.6 Å². The summed E-state index contributed by atoms with van der Waals surface area (Å²) >= 11 is 5.90. The number of ether oxygens (including phenoxy) is 2. The van der Waals surface area contributed by atoms with Crippen LogP contribution in [0, 0.1) is 0 Å². The Morgan fingerprint density at radius 2 is 1.81 bits per heavy atom. The van der Waals surface area contributed by atoms with Crippen molar-refractivity contribution in [2.75, 3.05) is 6.61 Å². The third-order valence-corrected chi connectivity index (χ3v) is 4.43. The summed E-state index contributed by atoms with van der Waals surface area (Å²) < 4.78 is 11.5. The molecular formula is C23H21ClN2O5. The molecule has 0 aliphatic carbocycles. The van der Waals surface area contributed by atoms with Crippen molar-refractivity contribution in [1.29, 1.82) is 0 Å². The maximum absolute atomic E-state index is 12.1. The van der Waals surface area contributed by atoms with Crippen LogP contribution < -0.4 is 14.9 Å². The minimum atomic E-state index is -0.610. The van der Waals surface area contributed by atoms with E-state index in [-0.39, 0.29) is 17.1 Å². The van der Waals surface area contributed by atoms with E-state index in [0.29, 0.717) is 35.3 Å². The summed E-state index contributed by atoms with van der Waals surface area (Å²) in [5.74, 6) is 0.0320. The monoisotopic (exact) mass is 440 g/mol. The van der Waals surface area contributed by atoms with E-state index in [9.17, 15) is 15.0 Å². The minimum absolute atomic E-state index is 0.00379. The largest absolute Gasteiger partial charge is 0.508 e. The highest BCUT2D eigenvalue weighted by Gasteiger charge is 2.11. The van der Waals surface area contributed by atoms with Crippen molar-refractivity contribution >= 4 is 23.7 Å². The first-order chi connectivity index (χ1) is 15.0. The molecule has 0 saturated carbocycles. The van der Waals surface area contributed by atoms with E-state index < -0.39 is 5.91 Å². The van der Waals surface area contributed by atoms with Gasteiger partial charge in [0.1, 0.15) is 18.1 Å². The van der Waals surface area contributed by atoms with Crippen LogP contribution in [0.5, 0.6) is 23.0 Å². The van der Waals surface area contributed by atoms with Crippen molar-refractivity contribution in [3.05, 3.63) is 82.4 Å². The van der Waals surface area contributed by atoms with E-state index in [4.69, 9.17) is 21.1 Å². The number of nitrogens with one attached hydrogen (secondary N) is 1. The molecule has 1 amide bonds. The molecule has 160 valence electrons. The number of hydrazone groups is 1. The summed E-state index contributed by atoms with van der Waals surface area (Å²) in [6, 6.07) is 16.3. The summed E-state index contributed by atoms with van der Waals surface area (Å²) in [6.07, 6.45) is 1.45. The number of aromatic hydroxyl groups is 2. The van der Waals surface area contributed by atoms with E-state index in [1.807, 2.05) is 19.1 Å². The van der Waals surface area contributed by atoms with Crippen LogP contribution in [0.15, 0.2) is 65.8 Å². The lowest BCUT2D eigenvalue weighted by molar-refractivity contribution is 0.0952. The quantitative estimate of drug-likeness (QED) is 0.354. The second-order valence-electron chi connectivity index (χ2n) is 6.45. The molecule has 3 aromatic carbocycles. The molecule has 0 bridgehead atoms. The van der Waals surface area contributed by atoms with Gasteiger partial charge in [-0.2, -0.15) is 5.10 Å². The molecule has 0 atom stereocenters. The van der Waals surface area contributed by atoms with Crippen LogP contribution in [0.1, 0.15) is 28.4 Å². The molecular weight excluding hydrogens is 420 g/mol. The molecule has 0 saturated heterocycles. The predicted octanol–water partition coefficient (Wildman–Crippen LogP) is 4.49. The number of amides is 1.